The molecule has 2 unspecified atom stereocenters. The van der Waals surface area contributed by atoms with Crippen LogP contribution in [-0.4, -0.2) is 35.6 Å². The zero-order valence-electron chi connectivity index (χ0n) is 11.3. The molecule has 1 heterocycles. The average Bonchev–Trinajstić information content (AvgIpc) is 2.89. The number of nitrogens with one attached hydrogen (secondary N) is 1. The monoisotopic (exact) mass is 281 g/mol. The molecule has 2 atom stereocenters. The summed E-state index contributed by atoms with van der Waals surface area (Å²) in [6, 6.07) is 4.94. The molecule has 1 aliphatic heterocycles. The number of hydrogen-bond donors (Lipinski definition) is 3. The van der Waals surface area contributed by atoms with Gasteiger partial charge in [-0.25, -0.2) is 0 Å². The van der Waals surface area contributed by atoms with Gasteiger partial charge in [-0.1, -0.05) is 13.0 Å². The van der Waals surface area contributed by atoms with Crippen LogP contribution in [0.5, 0.6) is 11.5 Å². The molecule has 0 amide bonds. The third kappa shape index (κ3) is 3.40. The van der Waals surface area contributed by atoms with Crippen molar-refractivity contribution in [2.24, 2.45) is 0 Å². The zero-order chi connectivity index (χ0) is 14.5. The summed E-state index contributed by atoms with van der Waals surface area (Å²) in [6.45, 7) is 2.76. The van der Waals surface area contributed by atoms with E-state index in [0.29, 0.717) is 30.0 Å². The SMILES string of the molecule is CCNC(CCC(=O)O)C(O)c1ccc2c(c1)OCO2. The van der Waals surface area contributed by atoms with E-state index in [1.165, 1.54) is 0 Å². The molecule has 0 radical (unpaired) electrons. The largest absolute Gasteiger partial charge is 0.481 e. The molecule has 2 rings (SSSR count). The number of fused-ring (bicyclic) bond motifs is 1. The van der Waals surface area contributed by atoms with Crippen LogP contribution in [0, 0.1) is 0 Å². The van der Waals surface area contributed by atoms with Crippen LogP contribution >= 0.6 is 0 Å². The number of rotatable bonds is 7. The predicted molar refractivity (Wildman–Crippen MR) is 71.9 cm³/mol. The van der Waals surface area contributed by atoms with Crippen LogP contribution < -0.4 is 14.8 Å². The van der Waals surface area contributed by atoms with Crippen LogP contribution in [0.4, 0.5) is 0 Å². The van der Waals surface area contributed by atoms with Gasteiger partial charge in [-0.3, -0.25) is 4.79 Å². The zero-order valence-corrected chi connectivity index (χ0v) is 11.3. The number of carbonyl (C=O) groups is 1. The summed E-state index contributed by atoms with van der Waals surface area (Å²) in [7, 11) is 0. The second kappa shape index (κ2) is 6.58. The highest BCUT2D eigenvalue weighted by atomic mass is 16.7. The Morgan fingerprint density at radius 1 is 1.40 bits per heavy atom. The number of ether oxygens (including phenoxy) is 2. The number of likely N-dealkylation sites (N-methyl/N-ethyl adjacent to an activating group) is 1. The van der Waals surface area contributed by atoms with Gasteiger partial charge in [0.25, 0.3) is 0 Å². The van der Waals surface area contributed by atoms with Gasteiger partial charge < -0.3 is 25.0 Å². The number of benzene rings is 1. The van der Waals surface area contributed by atoms with Crippen LogP contribution in [0.15, 0.2) is 18.2 Å². The van der Waals surface area contributed by atoms with Crippen molar-refractivity contribution in [3.8, 4) is 11.5 Å². The molecule has 3 N–H and O–H groups in total. The quantitative estimate of drug-likeness (QED) is 0.698. The van der Waals surface area contributed by atoms with Crippen molar-refractivity contribution in [2.45, 2.75) is 31.9 Å². The fourth-order valence-electron chi connectivity index (χ4n) is 2.24. The topological polar surface area (TPSA) is 88.0 Å². The van der Waals surface area contributed by atoms with E-state index >= 15 is 0 Å². The summed E-state index contributed by atoms with van der Waals surface area (Å²) in [6.07, 6.45) is -0.415. The second-order valence-electron chi connectivity index (χ2n) is 4.65. The molecule has 0 aliphatic carbocycles. The van der Waals surface area contributed by atoms with Crippen LogP contribution in [0.3, 0.4) is 0 Å². The lowest BCUT2D eigenvalue weighted by Crippen LogP contribution is -2.35. The number of aliphatic carboxylic acids is 1. The van der Waals surface area contributed by atoms with E-state index in [1.807, 2.05) is 6.92 Å². The molecule has 1 aliphatic rings. The molecule has 6 nitrogen and oxygen atoms in total. The maximum absolute atomic E-state index is 10.7. The van der Waals surface area contributed by atoms with Crippen molar-refractivity contribution in [1.82, 2.24) is 5.32 Å². The van der Waals surface area contributed by atoms with Crippen molar-refractivity contribution in [1.29, 1.82) is 0 Å². The first kappa shape index (κ1) is 14.6. The first-order valence-corrected chi connectivity index (χ1v) is 6.64. The lowest BCUT2D eigenvalue weighted by molar-refractivity contribution is -0.137. The molecular weight excluding hydrogens is 262 g/mol. The maximum Gasteiger partial charge on any atom is 0.303 e. The Labute approximate surface area is 117 Å². The van der Waals surface area contributed by atoms with Crippen molar-refractivity contribution >= 4 is 5.97 Å². The molecule has 1 aromatic carbocycles. The number of hydrogen-bond acceptors (Lipinski definition) is 5. The number of aliphatic hydroxyl groups excluding tert-OH is 1. The minimum absolute atomic E-state index is 0.0132. The summed E-state index contributed by atoms with van der Waals surface area (Å²) in [5.74, 6) is 0.396. The Kier molecular flexibility index (Phi) is 4.81. The molecule has 0 saturated carbocycles. The van der Waals surface area contributed by atoms with E-state index in [0.717, 1.165) is 0 Å². The number of carboxylic acids is 1. The van der Waals surface area contributed by atoms with E-state index in [2.05, 4.69) is 5.32 Å². The van der Waals surface area contributed by atoms with E-state index in [-0.39, 0.29) is 19.3 Å². The maximum atomic E-state index is 10.7. The molecule has 20 heavy (non-hydrogen) atoms. The van der Waals surface area contributed by atoms with E-state index in [1.54, 1.807) is 18.2 Å². The molecule has 0 bridgehead atoms. The van der Waals surface area contributed by atoms with Gasteiger partial charge in [-0.05, 0) is 30.7 Å². The Bertz CT molecular complexity index is 477. The van der Waals surface area contributed by atoms with Gasteiger partial charge >= 0.3 is 5.97 Å². The minimum atomic E-state index is -0.870. The van der Waals surface area contributed by atoms with Gasteiger partial charge in [0.05, 0.1) is 6.10 Å². The highest BCUT2D eigenvalue weighted by molar-refractivity contribution is 5.66. The summed E-state index contributed by atoms with van der Waals surface area (Å²) < 4.78 is 10.5. The van der Waals surface area contributed by atoms with Crippen LogP contribution in [0.2, 0.25) is 0 Å². The molecule has 110 valence electrons. The Balaban J connectivity index is 2.09. The lowest BCUT2D eigenvalue weighted by Gasteiger charge is -2.23. The molecule has 6 heteroatoms. The van der Waals surface area contributed by atoms with Crippen molar-refractivity contribution in [2.75, 3.05) is 13.3 Å². The van der Waals surface area contributed by atoms with E-state index in [9.17, 15) is 9.90 Å². The third-order valence-corrected chi connectivity index (χ3v) is 3.25. The molecule has 0 fully saturated rings. The summed E-state index contributed by atoms with van der Waals surface area (Å²) in [4.78, 5) is 10.7. The van der Waals surface area contributed by atoms with Crippen LogP contribution in [0.1, 0.15) is 31.4 Å². The fraction of sp³-hybridized carbons (Fsp3) is 0.500. The van der Waals surface area contributed by atoms with Gasteiger partial charge in [0.15, 0.2) is 11.5 Å². The highest BCUT2D eigenvalue weighted by Gasteiger charge is 2.23. The first-order chi connectivity index (χ1) is 9.61. The molecule has 0 spiro atoms. The second-order valence-corrected chi connectivity index (χ2v) is 4.65. The number of carboxylic acid groups (broad SMARTS) is 1. The molecule has 0 aromatic heterocycles. The number of aliphatic hydroxyl groups is 1. The highest BCUT2D eigenvalue weighted by Crippen LogP contribution is 2.35. The van der Waals surface area contributed by atoms with Gasteiger partial charge in [0, 0.05) is 12.5 Å². The van der Waals surface area contributed by atoms with Crippen molar-refractivity contribution in [3.05, 3.63) is 23.8 Å². The average molecular weight is 281 g/mol. The summed E-state index contributed by atoms with van der Waals surface area (Å²) in [5, 5.41) is 22.3. The predicted octanol–water partition coefficient (Wildman–Crippen LogP) is 1.29. The van der Waals surface area contributed by atoms with E-state index < -0.39 is 12.1 Å². The van der Waals surface area contributed by atoms with Crippen LogP contribution in [0.25, 0.3) is 0 Å². The van der Waals surface area contributed by atoms with Gasteiger partial charge in [-0.15, -0.1) is 0 Å². The van der Waals surface area contributed by atoms with Gasteiger partial charge in [0.2, 0.25) is 6.79 Å². The van der Waals surface area contributed by atoms with Gasteiger partial charge in [0.1, 0.15) is 0 Å². The summed E-state index contributed by atoms with van der Waals surface area (Å²) in [5.41, 5.74) is 0.686. The summed E-state index contributed by atoms with van der Waals surface area (Å²) >= 11 is 0. The Morgan fingerprint density at radius 3 is 2.85 bits per heavy atom. The van der Waals surface area contributed by atoms with Crippen molar-refractivity contribution in [3.63, 3.8) is 0 Å². The smallest absolute Gasteiger partial charge is 0.303 e. The molecule has 0 saturated heterocycles. The standard InChI is InChI=1S/C14H19NO5/c1-2-15-10(4-6-13(16)17)14(18)9-3-5-11-12(7-9)20-8-19-11/h3,5,7,10,14-15,18H,2,4,6,8H2,1H3,(H,16,17). The Hall–Kier alpha value is -1.79. The fourth-order valence-corrected chi connectivity index (χ4v) is 2.24. The third-order valence-electron chi connectivity index (χ3n) is 3.25. The minimum Gasteiger partial charge on any atom is -0.481 e. The molecular formula is C14H19NO5. The van der Waals surface area contributed by atoms with E-state index in [4.69, 9.17) is 14.6 Å². The first-order valence-electron chi connectivity index (χ1n) is 6.64. The van der Waals surface area contributed by atoms with Gasteiger partial charge in [-0.2, -0.15) is 0 Å². The van der Waals surface area contributed by atoms with Crippen LogP contribution in [-0.2, 0) is 4.79 Å². The van der Waals surface area contributed by atoms with Crippen molar-refractivity contribution < 1.29 is 24.5 Å². The normalized spacial score (nSPS) is 15.9. The lowest BCUT2D eigenvalue weighted by atomic mass is 9.98. The Morgan fingerprint density at radius 2 is 2.15 bits per heavy atom. The molecule has 1 aromatic rings.